The molecular formula is C15H15N3O3. The number of nitrogens with zero attached hydrogens (tertiary/aromatic N) is 2. The first-order valence-electron chi connectivity index (χ1n) is 6.67. The molecule has 0 fully saturated rings. The average Bonchev–Trinajstić information content (AvgIpc) is 3.11. The minimum absolute atomic E-state index is 0.00258. The quantitative estimate of drug-likeness (QED) is 0.678. The largest absolute Gasteiger partial charge is 0.475 e. The molecule has 0 radical (unpaired) electrons. The molecule has 2 heterocycles. The summed E-state index contributed by atoms with van der Waals surface area (Å²) in [4.78, 5) is 11.3. The first-order valence-corrected chi connectivity index (χ1v) is 6.67. The Hall–Kier alpha value is -2.60. The Kier molecular flexibility index (Phi) is 3.70. The number of nitrogens with one attached hydrogen (secondary N) is 1. The lowest BCUT2D eigenvalue weighted by Gasteiger charge is -2.05. The zero-order chi connectivity index (χ0) is 14.7. The highest BCUT2D eigenvalue weighted by atomic mass is 16.4. The number of fused-ring (bicyclic) bond motifs is 1. The van der Waals surface area contributed by atoms with Crippen LogP contribution in [0.1, 0.15) is 16.1 Å². The fraction of sp³-hybridized carbons (Fsp3) is 0.200. The fourth-order valence-electron chi connectivity index (χ4n) is 2.29. The maximum Gasteiger partial charge on any atom is 0.372 e. The van der Waals surface area contributed by atoms with Crippen LogP contribution in [-0.4, -0.2) is 27.4 Å². The third-order valence-corrected chi connectivity index (χ3v) is 3.27. The summed E-state index contributed by atoms with van der Waals surface area (Å²) in [7, 11) is 0. The van der Waals surface area contributed by atoms with Crippen LogP contribution < -0.4 is 5.32 Å². The van der Waals surface area contributed by atoms with Gasteiger partial charge >= 0.3 is 5.97 Å². The number of hydrogen-bond donors (Lipinski definition) is 2. The number of aromatic carboxylic acids is 1. The smallest absolute Gasteiger partial charge is 0.372 e. The Morgan fingerprint density at radius 3 is 2.95 bits per heavy atom. The molecule has 1 aromatic carbocycles. The molecule has 0 aliphatic carbocycles. The van der Waals surface area contributed by atoms with Gasteiger partial charge in [-0.05, 0) is 12.1 Å². The summed E-state index contributed by atoms with van der Waals surface area (Å²) in [5.74, 6) is -1.04. The van der Waals surface area contributed by atoms with Gasteiger partial charge in [0.15, 0.2) is 0 Å². The number of rotatable bonds is 6. The minimum atomic E-state index is -1.05. The zero-order valence-electron chi connectivity index (χ0n) is 11.3. The lowest BCUT2D eigenvalue weighted by Crippen LogP contribution is -2.20. The van der Waals surface area contributed by atoms with E-state index in [1.165, 1.54) is 0 Å². The molecule has 0 amide bonds. The molecule has 0 atom stereocenters. The van der Waals surface area contributed by atoms with Crippen LogP contribution in [0.3, 0.4) is 0 Å². The minimum Gasteiger partial charge on any atom is -0.475 e. The maximum absolute atomic E-state index is 11.3. The van der Waals surface area contributed by atoms with Crippen LogP contribution in [-0.2, 0) is 13.1 Å². The third-order valence-electron chi connectivity index (χ3n) is 3.27. The van der Waals surface area contributed by atoms with Crippen molar-refractivity contribution < 1.29 is 14.3 Å². The molecule has 2 N–H and O–H groups in total. The normalized spacial score (nSPS) is 11.0. The number of carboxylic acid groups (broad SMARTS) is 1. The van der Waals surface area contributed by atoms with Gasteiger partial charge < -0.3 is 14.8 Å². The highest BCUT2D eigenvalue weighted by Crippen LogP contribution is 2.25. The third kappa shape index (κ3) is 2.80. The van der Waals surface area contributed by atoms with Gasteiger partial charge in [-0.15, -0.1) is 0 Å². The van der Waals surface area contributed by atoms with E-state index in [4.69, 9.17) is 4.42 Å². The molecule has 0 saturated carbocycles. The van der Waals surface area contributed by atoms with E-state index in [9.17, 15) is 9.90 Å². The first-order chi connectivity index (χ1) is 10.3. The highest BCUT2D eigenvalue weighted by molar-refractivity contribution is 5.95. The Morgan fingerprint density at radius 1 is 1.33 bits per heavy atom. The Balaban J connectivity index is 1.73. The van der Waals surface area contributed by atoms with E-state index >= 15 is 0 Å². The number of hydrogen-bond acceptors (Lipinski definition) is 4. The molecule has 0 bridgehead atoms. The predicted octanol–water partition coefficient (Wildman–Crippen LogP) is 2.12. The molecule has 0 spiro atoms. The molecule has 6 nitrogen and oxygen atoms in total. The van der Waals surface area contributed by atoms with Crippen LogP contribution in [0.5, 0.6) is 0 Å². The van der Waals surface area contributed by atoms with Gasteiger partial charge in [-0.25, -0.2) is 4.79 Å². The SMILES string of the molecule is O=C(O)c1oc2ccccc2c1CNCCn1cccn1. The van der Waals surface area contributed by atoms with Gasteiger partial charge in [0.25, 0.3) is 0 Å². The van der Waals surface area contributed by atoms with Crippen molar-refractivity contribution in [3.05, 3.63) is 54.0 Å². The first kappa shape index (κ1) is 13.4. The standard InChI is InChI=1S/C15H15N3O3/c19-15(20)14-12(11-4-1-2-5-13(11)21-14)10-16-7-9-18-8-3-6-17-18/h1-6,8,16H,7,9-10H2,(H,19,20). The van der Waals surface area contributed by atoms with Crippen LogP contribution >= 0.6 is 0 Å². The van der Waals surface area contributed by atoms with E-state index in [0.717, 1.165) is 11.9 Å². The van der Waals surface area contributed by atoms with Crippen LogP contribution in [0.25, 0.3) is 11.0 Å². The van der Waals surface area contributed by atoms with Crippen LogP contribution in [0.15, 0.2) is 47.1 Å². The summed E-state index contributed by atoms with van der Waals surface area (Å²) in [6, 6.07) is 9.21. The second-order valence-electron chi connectivity index (χ2n) is 4.66. The van der Waals surface area contributed by atoms with E-state index < -0.39 is 5.97 Å². The van der Waals surface area contributed by atoms with Gasteiger partial charge in [-0.2, -0.15) is 5.10 Å². The van der Waals surface area contributed by atoms with Crippen molar-refractivity contribution in [1.82, 2.24) is 15.1 Å². The van der Waals surface area contributed by atoms with E-state index in [1.54, 1.807) is 12.3 Å². The molecule has 2 aromatic heterocycles. The number of furan rings is 1. The van der Waals surface area contributed by atoms with Gasteiger partial charge in [-0.1, -0.05) is 18.2 Å². The van der Waals surface area contributed by atoms with Crippen LogP contribution in [0, 0.1) is 0 Å². The molecular weight excluding hydrogens is 270 g/mol. The van der Waals surface area contributed by atoms with Gasteiger partial charge in [-0.3, -0.25) is 4.68 Å². The Labute approximate surface area is 121 Å². The lowest BCUT2D eigenvalue weighted by molar-refractivity contribution is 0.0663. The van der Waals surface area contributed by atoms with E-state index in [-0.39, 0.29) is 5.76 Å². The average molecular weight is 285 g/mol. The van der Waals surface area contributed by atoms with Crippen molar-refractivity contribution >= 4 is 16.9 Å². The second-order valence-corrected chi connectivity index (χ2v) is 4.66. The highest BCUT2D eigenvalue weighted by Gasteiger charge is 2.18. The molecule has 0 aliphatic rings. The van der Waals surface area contributed by atoms with E-state index in [1.807, 2.05) is 35.1 Å². The number of carbonyl (C=O) groups is 1. The molecule has 6 heteroatoms. The fourth-order valence-corrected chi connectivity index (χ4v) is 2.29. The zero-order valence-corrected chi connectivity index (χ0v) is 11.3. The van der Waals surface area contributed by atoms with Gasteiger partial charge in [0.2, 0.25) is 5.76 Å². The summed E-state index contributed by atoms with van der Waals surface area (Å²) in [6.45, 7) is 1.87. The summed E-state index contributed by atoms with van der Waals surface area (Å²) in [5, 5.41) is 17.4. The van der Waals surface area contributed by atoms with Crippen molar-refractivity contribution in [2.24, 2.45) is 0 Å². The molecule has 3 aromatic rings. The molecule has 108 valence electrons. The summed E-state index contributed by atoms with van der Waals surface area (Å²) in [5.41, 5.74) is 1.28. The summed E-state index contributed by atoms with van der Waals surface area (Å²) < 4.78 is 7.22. The molecule has 0 saturated heterocycles. The van der Waals surface area contributed by atoms with E-state index in [2.05, 4.69) is 10.4 Å². The molecule has 0 unspecified atom stereocenters. The van der Waals surface area contributed by atoms with Gasteiger partial charge in [0.05, 0.1) is 6.54 Å². The van der Waals surface area contributed by atoms with Crippen molar-refractivity contribution in [3.8, 4) is 0 Å². The Bertz CT molecular complexity index is 747. The second kappa shape index (κ2) is 5.80. The predicted molar refractivity (Wildman–Crippen MR) is 77.1 cm³/mol. The maximum atomic E-state index is 11.3. The Morgan fingerprint density at radius 2 is 2.19 bits per heavy atom. The van der Waals surface area contributed by atoms with E-state index in [0.29, 0.717) is 24.2 Å². The van der Waals surface area contributed by atoms with Crippen molar-refractivity contribution in [1.29, 1.82) is 0 Å². The molecule has 3 rings (SSSR count). The topological polar surface area (TPSA) is 80.3 Å². The molecule has 21 heavy (non-hydrogen) atoms. The van der Waals surface area contributed by atoms with Crippen molar-refractivity contribution in [2.75, 3.05) is 6.54 Å². The van der Waals surface area contributed by atoms with Crippen molar-refractivity contribution in [2.45, 2.75) is 13.1 Å². The molecule has 0 aliphatic heterocycles. The van der Waals surface area contributed by atoms with Crippen LogP contribution in [0.4, 0.5) is 0 Å². The number of aromatic nitrogens is 2. The van der Waals surface area contributed by atoms with Crippen LogP contribution in [0.2, 0.25) is 0 Å². The summed E-state index contributed by atoms with van der Waals surface area (Å²) in [6.07, 6.45) is 3.61. The van der Waals surface area contributed by atoms with Gasteiger partial charge in [0.1, 0.15) is 5.58 Å². The monoisotopic (exact) mass is 285 g/mol. The summed E-state index contributed by atoms with van der Waals surface area (Å²) >= 11 is 0. The number of carboxylic acids is 1. The number of benzene rings is 1. The number of para-hydroxylation sites is 1. The lowest BCUT2D eigenvalue weighted by atomic mass is 10.1. The van der Waals surface area contributed by atoms with Gasteiger partial charge in [0, 0.05) is 36.4 Å². The van der Waals surface area contributed by atoms with Crippen molar-refractivity contribution in [3.63, 3.8) is 0 Å².